The highest BCUT2D eigenvalue weighted by molar-refractivity contribution is 5.20. The summed E-state index contributed by atoms with van der Waals surface area (Å²) in [6.45, 7) is 0.305. The minimum absolute atomic E-state index is 0.305. The fourth-order valence-corrected chi connectivity index (χ4v) is 1.12. The van der Waals surface area contributed by atoms with E-state index in [2.05, 4.69) is 15.5 Å². The Hall–Kier alpha value is -1.10. The van der Waals surface area contributed by atoms with E-state index < -0.39 is 0 Å². The highest BCUT2D eigenvalue weighted by Crippen LogP contribution is 2.22. The Kier molecular flexibility index (Phi) is 1.95. The number of hydrogen-bond donors (Lipinski definition) is 2. The van der Waals surface area contributed by atoms with Crippen LogP contribution in [0, 0.1) is 0 Å². The van der Waals surface area contributed by atoms with Gasteiger partial charge in [-0.1, -0.05) is 5.10 Å². The maximum atomic E-state index is 5.32. The zero-order valence-electron chi connectivity index (χ0n) is 6.79. The van der Waals surface area contributed by atoms with Crippen molar-refractivity contribution in [2.24, 2.45) is 5.73 Å². The Morgan fingerprint density at radius 3 is 2.83 bits per heavy atom. The van der Waals surface area contributed by atoms with Crippen LogP contribution in [-0.4, -0.2) is 16.2 Å². The average Bonchev–Trinajstić information content (AvgIpc) is 2.44. The summed E-state index contributed by atoms with van der Waals surface area (Å²) < 4.78 is 5.18. The molecule has 2 rings (SSSR count). The van der Waals surface area contributed by atoms with Crippen molar-refractivity contribution in [2.45, 2.75) is 31.8 Å². The van der Waals surface area contributed by atoms with Gasteiger partial charge in [0.15, 0.2) is 0 Å². The van der Waals surface area contributed by atoms with Crippen LogP contribution in [0.3, 0.4) is 0 Å². The van der Waals surface area contributed by atoms with E-state index in [4.69, 9.17) is 10.2 Å². The molecule has 1 aliphatic rings. The van der Waals surface area contributed by atoms with Crippen LogP contribution in [0.4, 0.5) is 6.01 Å². The summed E-state index contributed by atoms with van der Waals surface area (Å²) in [7, 11) is 0. The van der Waals surface area contributed by atoms with Crippen LogP contribution in [-0.2, 0) is 6.54 Å². The maximum absolute atomic E-state index is 5.32. The third kappa shape index (κ3) is 1.40. The van der Waals surface area contributed by atoms with Crippen LogP contribution in [0.15, 0.2) is 4.42 Å². The normalized spacial score (nSPS) is 17.4. The van der Waals surface area contributed by atoms with Gasteiger partial charge in [0.1, 0.15) is 0 Å². The predicted octanol–water partition coefficient (Wildman–Crippen LogP) is 0.493. The highest BCUT2D eigenvalue weighted by atomic mass is 16.4. The van der Waals surface area contributed by atoms with Gasteiger partial charge in [-0.25, -0.2) is 0 Å². The monoisotopic (exact) mass is 168 g/mol. The zero-order chi connectivity index (χ0) is 8.39. The van der Waals surface area contributed by atoms with E-state index in [-0.39, 0.29) is 0 Å². The molecule has 1 saturated carbocycles. The molecule has 66 valence electrons. The lowest BCUT2D eigenvalue weighted by Crippen LogP contribution is -2.27. The first kappa shape index (κ1) is 7.54. The Morgan fingerprint density at radius 2 is 2.33 bits per heavy atom. The van der Waals surface area contributed by atoms with Gasteiger partial charge in [-0.3, -0.25) is 0 Å². The van der Waals surface area contributed by atoms with Crippen molar-refractivity contribution in [2.75, 3.05) is 5.32 Å². The van der Waals surface area contributed by atoms with E-state index in [0.717, 1.165) is 0 Å². The summed E-state index contributed by atoms with van der Waals surface area (Å²) in [6, 6.07) is 1.02. The van der Waals surface area contributed by atoms with Crippen molar-refractivity contribution in [3.05, 3.63) is 5.89 Å². The fraction of sp³-hybridized carbons (Fsp3) is 0.714. The number of rotatable bonds is 3. The molecular weight excluding hydrogens is 156 g/mol. The van der Waals surface area contributed by atoms with Crippen molar-refractivity contribution in [1.82, 2.24) is 10.2 Å². The van der Waals surface area contributed by atoms with Crippen molar-refractivity contribution >= 4 is 6.01 Å². The van der Waals surface area contributed by atoms with Crippen molar-refractivity contribution in [1.29, 1.82) is 0 Å². The SMILES string of the molecule is NCc1nnc(NC2CCC2)o1. The van der Waals surface area contributed by atoms with Crippen LogP contribution < -0.4 is 11.1 Å². The number of nitrogens with zero attached hydrogens (tertiary/aromatic N) is 2. The zero-order valence-corrected chi connectivity index (χ0v) is 6.79. The summed E-state index contributed by atoms with van der Waals surface area (Å²) >= 11 is 0. The van der Waals surface area contributed by atoms with Crippen molar-refractivity contribution < 1.29 is 4.42 Å². The van der Waals surface area contributed by atoms with Gasteiger partial charge in [0.2, 0.25) is 5.89 Å². The molecule has 12 heavy (non-hydrogen) atoms. The molecule has 0 saturated heterocycles. The lowest BCUT2D eigenvalue weighted by molar-refractivity contribution is 0.423. The molecule has 0 radical (unpaired) electrons. The largest absolute Gasteiger partial charge is 0.407 e. The molecule has 1 aromatic heterocycles. The molecule has 0 unspecified atom stereocenters. The first-order valence-corrected chi connectivity index (χ1v) is 4.17. The Morgan fingerprint density at radius 1 is 1.50 bits per heavy atom. The smallest absolute Gasteiger partial charge is 0.315 e. The summed E-state index contributed by atoms with van der Waals surface area (Å²) in [6.07, 6.45) is 3.68. The first-order chi connectivity index (χ1) is 5.88. The molecule has 1 fully saturated rings. The van der Waals surface area contributed by atoms with Crippen LogP contribution in [0.25, 0.3) is 0 Å². The van der Waals surface area contributed by atoms with E-state index in [0.29, 0.717) is 24.5 Å². The molecule has 5 heteroatoms. The van der Waals surface area contributed by atoms with Gasteiger partial charge in [-0.15, -0.1) is 5.10 Å². The van der Waals surface area contributed by atoms with Crippen LogP contribution in [0.1, 0.15) is 25.2 Å². The molecule has 5 nitrogen and oxygen atoms in total. The molecule has 0 aromatic carbocycles. The van der Waals surface area contributed by atoms with E-state index in [9.17, 15) is 0 Å². The summed E-state index contributed by atoms with van der Waals surface area (Å²) in [4.78, 5) is 0. The topological polar surface area (TPSA) is 77.0 Å². The van der Waals surface area contributed by atoms with Gasteiger partial charge in [-0.05, 0) is 19.3 Å². The second-order valence-corrected chi connectivity index (χ2v) is 2.98. The van der Waals surface area contributed by atoms with Gasteiger partial charge in [0, 0.05) is 6.04 Å². The summed E-state index contributed by atoms with van der Waals surface area (Å²) in [5, 5.41) is 10.7. The van der Waals surface area contributed by atoms with E-state index >= 15 is 0 Å². The molecule has 0 atom stereocenters. The fourth-order valence-electron chi connectivity index (χ4n) is 1.12. The lowest BCUT2D eigenvalue weighted by Gasteiger charge is -2.24. The minimum Gasteiger partial charge on any atom is -0.407 e. The van der Waals surface area contributed by atoms with Crippen LogP contribution in [0.2, 0.25) is 0 Å². The molecule has 1 heterocycles. The number of nitrogens with two attached hydrogens (primary N) is 1. The molecule has 3 N–H and O–H groups in total. The van der Waals surface area contributed by atoms with Gasteiger partial charge in [0.25, 0.3) is 0 Å². The van der Waals surface area contributed by atoms with Gasteiger partial charge < -0.3 is 15.5 Å². The quantitative estimate of drug-likeness (QED) is 0.687. The van der Waals surface area contributed by atoms with Gasteiger partial charge in [-0.2, -0.15) is 0 Å². The van der Waals surface area contributed by atoms with Gasteiger partial charge in [0.05, 0.1) is 6.54 Å². The number of aromatic nitrogens is 2. The summed E-state index contributed by atoms with van der Waals surface area (Å²) in [5.41, 5.74) is 5.32. The van der Waals surface area contributed by atoms with E-state index in [1.165, 1.54) is 19.3 Å². The molecule has 0 aliphatic heterocycles. The average molecular weight is 168 g/mol. The van der Waals surface area contributed by atoms with Crippen LogP contribution >= 0.6 is 0 Å². The van der Waals surface area contributed by atoms with Crippen LogP contribution in [0.5, 0.6) is 0 Å². The summed E-state index contributed by atoms with van der Waals surface area (Å²) in [5.74, 6) is 0.483. The Bertz CT molecular complexity index is 256. The predicted molar refractivity (Wildman–Crippen MR) is 43.5 cm³/mol. The lowest BCUT2D eigenvalue weighted by atomic mass is 9.93. The number of anilines is 1. The van der Waals surface area contributed by atoms with E-state index in [1.807, 2.05) is 0 Å². The second kappa shape index (κ2) is 3.10. The molecule has 1 aromatic rings. The van der Waals surface area contributed by atoms with Gasteiger partial charge >= 0.3 is 6.01 Å². The number of hydrogen-bond acceptors (Lipinski definition) is 5. The third-order valence-electron chi connectivity index (χ3n) is 2.07. The Balaban J connectivity index is 1.93. The van der Waals surface area contributed by atoms with Crippen molar-refractivity contribution in [3.8, 4) is 0 Å². The second-order valence-electron chi connectivity index (χ2n) is 2.98. The third-order valence-corrected chi connectivity index (χ3v) is 2.07. The molecular formula is C7H12N4O. The maximum Gasteiger partial charge on any atom is 0.315 e. The number of nitrogens with one attached hydrogen (secondary N) is 1. The molecule has 0 bridgehead atoms. The minimum atomic E-state index is 0.305. The molecule has 1 aliphatic carbocycles. The Labute approximate surface area is 70.3 Å². The molecule has 0 amide bonds. The first-order valence-electron chi connectivity index (χ1n) is 4.17. The highest BCUT2D eigenvalue weighted by Gasteiger charge is 2.19. The van der Waals surface area contributed by atoms with E-state index in [1.54, 1.807) is 0 Å². The standard InChI is InChI=1S/C7H12N4O/c8-4-6-10-11-7(12-6)9-5-2-1-3-5/h5H,1-4,8H2,(H,9,11). The molecule has 0 spiro atoms. The van der Waals surface area contributed by atoms with Crippen molar-refractivity contribution in [3.63, 3.8) is 0 Å².